The molecule has 6 aromatic rings. The van der Waals surface area contributed by atoms with E-state index in [9.17, 15) is 67.7 Å². The molecule has 0 radical (unpaired) electrons. The fourth-order valence-electron chi connectivity index (χ4n) is 10.0. The van der Waals surface area contributed by atoms with Crippen LogP contribution in [0.15, 0.2) is 122 Å². The van der Waals surface area contributed by atoms with Crippen molar-refractivity contribution in [1.82, 2.24) is 52.5 Å². The summed E-state index contributed by atoms with van der Waals surface area (Å²) < 4.78 is 0. The van der Waals surface area contributed by atoms with E-state index in [4.69, 9.17) is 11.5 Å². The number of aliphatic carboxylic acids is 2. The van der Waals surface area contributed by atoms with E-state index in [1.165, 1.54) is 0 Å². The number of rotatable bonds is 34. The van der Waals surface area contributed by atoms with Crippen LogP contribution in [0.2, 0.25) is 0 Å². The number of nitrogens with one attached hydrogen (secondary N) is 10. The molecule has 2 aromatic heterocycles. The SMILES string of the molecule is CC(C)CC(NC(=O)C(Cc1c[nH]c2ccccc12)NC(=O)CC(=O)NC(Cc1c[nH]c2ccccc12)C(=O)NC(CC(C)C)C(=O)NC(CC(=O)O)C(=O)NC(Cc1ccccc1)C(N)=O)C(=O)NC(CC(=O)O)C(=O)NC(Cc1ccccc1)C(N)=O. The van der Waals surface area contributed by atoms with Crippen molar-refractivity contribution >= 4 is 92.8 Å². The van der Waals surface area contributed by atoms with Gasteiger partial charge in [-0.25, -0.2) is 0 Å². The maximum Gasteiger partial charge on any atom is 0.305 e. The van der Waals surface area contributed by atoms with Crippen LogP contribution in [0, 0.1) is 11.8 Å². The highest BCUT2D eigenvalue weighted by molar-refractivity contribution is 6.02. The molecular formula is C63H76N12O14. The number of aromatic amines is 2. The lowest BCUT2D eigenvalue weighted by molar-refractivity contribution is -0.142. The molecule has 8 atom stereocenters. The van der Waals surface area contributed by atoms with Gasteiger partial charge in [-0.2, -0.15) is 0 Å². The Labute approximate surface area is 512 Å². The highest BCUT2D eigenvalue weighted by Crippen LogP contribution is 2.22. The number of H-pyrrole nitrogens is 2. The lowest BCUT2D eigenvalue weighted by atomic mass is 10.00. The molecule has 89 heavy (non-hydrogen) atoms. The Bertz CT molecular complexity index is 3290. The Balaban J connectivity index is 1.22. The van der Waals surface area contributed by atoms with E-state index in [0.29, 0.717) is 44.1 Å². The lowest BCUT2D eigenvalue weighted by Crippen LogP contribution is -2.59. The second-order valence-electron chi connectivity index (χ2n) is 22.6. The van der Waals surface area contributed by atoms with Crippen LogP contribution in [-0.4, -0.2) is 140 Å². The van der Waals surface area contributed by atoms with Gasteiger partial charge in [-0.15, -0.1) is 0 Å². The second-order valence-corrected chi connectivity index (χ2v) is 22.6. The molecule has 0 aliphatic carbocycles. The number of para-hydroxylation sites is 2. The van der Waals surface area contributed by atoms with Gasteiger partial charge < -0.3 is 74.2 Å². The van der Waals surface area contributed by atoms with Crippen molar-refractivity contribution in [3.8, 4) is 0 Å². The summed E-state index contributed by atoms with van der Waals surface area (Å²) in [7, 11) is 0. The predicted molar refractivity (Wildman–Crippen MR) is 326 cm³/mol. The molecule has 26 nitrogen and oxygen atoms in total. The van der Waals surface area contributed by atoms with E-state index in [-0.39, 0.29) is 50.4 Å². The average Bonchev–Trinajstić information content (AvgIpc) is 1.96. The first-order valence-electron chi connectivity index (χ1n) is 28.9. The molecule has 2 heterocycles. The van der Waals surface area contributed by atoms with Crippen molar-refractivity contribution in [3.05, 3.63) is 144 Å². The summed E-state index contributed by atoms with van der Waals surface area (Å²) in [5.74, 6) is -13.3. The van der Waals surface area contributed by atoms with Gasteiger partial charge in [-0.1, -0.05) is 125 Å². The van der Waals surface area contributed by atoms with E-state index in [1.807, 2.05) is 0 Å². The number of hydrogen-bond donors (Lipinski definition) is 14. The molecule has 0 spiro atoms. The number of carbonyl (C=O) groups excluding carboxylic acids is 10. The Morgan fingerprint density at radius 1 is 0.382 bits per heavy atom. The second kappa shape index (κ2) is 32.4. The van der Waals surface area contributed by atoms with E-state index in [0.717, 1.165) is 0 Å². The van der Waals surface area contributed by atoms with Crippen LogP contribution < -0.4 is 54.0 Å². The third kappa shape index (κ3) is 20.9. The number of amides is 10. The van der Waals surface area contributed by atoms with Gasteiger partial charge >= 0.3 is 11.9 Å². The molecule has 0 bridgehead atoms. The number of primary amides is 2. The Morgan fingerprint density at radius 2 is 0.685 bits per heavy atom. The third-order valence-corrected chi connectivity index (χ3v) is 14.4. The molecule has 0 aliphatic heterocycles. The van der Waals surface area contributed by atoms with Crippen LogP contribution in [0.25, 0.3) is 21.8 Å². The smallest absolute Gasteiger partial charge is 0.305 e. The van der Waals surface area contributed by atoms with Crippen molar-refractivity contribution in [3.63, 3.8) is 0 Å². The summed E-state index contributed by atoms with van der Waals surface area (Å²) in [5.41, 5.74) is 14.9. The van der Waals surface area contributed by atoms with Crippen molar-refractivity contribution in [2.24, 2.45) is 23.3 Å². The van der Waals surface area contributed by atoms with Crippen LogP contribution in [-0.2, 0) is 83.2 Å². The number of aromatic nitrogens is 2. The number of hydrogen-bond acceptors (Lipinski definition) is 12. The fraction of sp³-hybridized carbons (Fsp3) is 0.365. The summed E-state index contributed by atoms with van der Waals surface area (Å²) in [6.07, 6.45) is -0.236. The van der Waals surface area contributed by atoms with Crippen LogP contribution >= 0.6 is 0 Å². The number of nitrogens with two attached hydrogens (primary N) is 2. The number of carboxylic acid groups (broad SMARTS) is 2. The number of fused-ring (bicyclic) bond motifs is 2. The predicted octanol–water partition coefficient (Wildman–Crippen LogP) is 1.20. The number of carboxylic acids is 2. The molecule has 10 amide bonds. The first-order chi connectivity index (χ1) is 42.3. The molecular weight excluding hydrogens is 1150 g/mol. The van der Waals surface area contributed by atoms with Crippen molar-refractivity contribution in [1.29, 1.82) is 0 Å². The summed E-state index contributed by atoms with van der Waals surface area (Å²) >= 11 is 0. The standard InChI is InChI=1S/C63H76N12O14/c1-34(2)23-46(58(84)74-50(29-54(78)79)62(88)70-44(56(64)82)25-36-15-7-5-8-16-36)72-60(86)48(27-38-32-66-42-21-13-11-19-40(38)42)68-52(76)31-53(77)69-49(28-39-33-67-43-22-14-12-20-41(39)43)61(87)73-47(24-35(3)4)59(85)75-51(30-55(80)81)63(89)71-45(57(65)83)26-37-17-9-6-10-18-37/h5-22,32-35,44-51,66-67H,23-31H2,1-4H3,(H2,64,82)(H2,65,83)(H,68,76)(H,69,77)(H,70,88)(H,71,89)(H,72,86)(H,73,87)(H,74,84)(H,75,85)(H,78,79)(H,80,81). The van der Waals surface area contributed by atoms with Gasteiger partial charge in [0.05, 0.1) is 12.8 Å². The third-order valence-electron chi connectivity index (χ3n) is 14.4. The highest BCUT2D eigenvalue weighted by Gasteiger charge is 2.36. The lowest BCUT2D eigenvalue weighted by Gasteiger charge is -2.27. The van der Waals surface area contributed by atoms with E-state index < -0.39 is 139 Å². The van der Waals surface area contributed by atoms with Crippen molar-refractivity contribution in [2.75, 3.05) is 0 Å². The largest absolute Gasteiger partial charge is 0.481 e. The van der Waals surface area contributed by atoms with Gasteiger partial charge in [0, 0.05) is 59.9 Å². The molecule has 4 aromatic carbocycles. The minimum absolute atomic E-state index is 0.0458. The summed E-state index contributed by atoms with van der Waals surface area (Å²) in [4.78, 5) is 169. The number of benzene rings is 4. The van der Waals surface area contributed by atoms with Gasteiger partial charge in [0.1, 0.15) is 54.8 Å². The molecule has 16 N–H and O–H groups in total. The van der Waals surface area contributed by atoms with Crippen LogP contribution in [0.4, 0.5) is 0 Å². The van der Waals surface area contributed by atoms with Gasteiger partial charge in [-0.05, 0) is 59.1 Å². The van der Waals surface area contributed by atoms with Gasteiger partial charge in [0.25, 0.3) is 0 Å². The van der Waals surface area contributed by atoms with Gasteiger partial charge in [0.2, 0.25) is 59.1 Å². The van der Waals surface area contributed by atoms with Gasteiger partial charge in [0.15, 0.2) is 0 Å². The zero-order valence-electron chi connectivity index (χ0n) is 49.6. The zero-order valence-corrected chi connectivity index (χ0v) is 49.6. The molecule has 6 rings (SSSR count). The Hall–Kier alpha value is -10.4. The first kappa shape index (κ1) is 67.7. The molecule has 8 unspecified atom stereocenters. The van der Waals surface area contributed by atoms with E-state index in [2.05, 4.69) is 52.5 Å². The summed E-state index contributed by atoms with van der Waals surface area (Å²) in [6.45, 7) is 6.95. The maximum absolute atomic E-state index is 14.6. The average molecular weight is 1230 g/mol. The first-order valence-corrected chi connectivity index (χ1v) is 28.9. The minimum atomic E-state index is -1.76. The highest BCUT2D eigenvalue weighted by atomic mass is 16.4. The van der Waals surface area contributed by atoms with Crippen LogP contribution in [0.1, 0.15) is 82.1 Å². The number of carbonyl (C=O) groups is 12. The van der Waals surface area contributed by atoms with Gasteiger partial charge in [-0.3, -0.25) is 57.5 Å². The topological polar surface area (TPSA) is 425 Å². The Morgan fingerprint density at radius 3 is 1.02 bits per heavy atom. The maximum atomic E-state index is 14.6. The zero-order chi connectivity index (χ0) is 64.9. The van der Waals surface area contributed by atoms with Crippen LogP contribution in [0.5, 0.6) is 0 Å². The molecule has 26 heteroatoms. The molecule has 0 aliphatic rings. The molecule has 0 saturated heterocycles. The van der Waals surface area contributed by atoms with E-state index in [1.54, 1.807) is 149 Å². The molecule has 0 saturated carbocycles. The molecule has 472 valence electrons. The van der Waals surface area contributed by atoms with E-state index >= 15 is 0 Å². The van der Waals surface area contributed by atoms with Crippen LogP contribution in [0.3, 0.4) is 0 Å². The fourth-order valence-corrected chi connectivity index (χ4v) is 10.0. The minimum Gasteiger partial charge on any atom is -0.481 e. The quantitative estimate of drug-likeness (QED) is 0.0253. The summed E-state index contributed by atoms with van der Waals surface area (Å²) in [5, 5.41) is 41.1. The summed E-state index contributed by atoms with van der Waals surface area (Å²) in [6, 6.07) is 19.2. The normalized spacial score (nSPS) is 13.9. The van der Waals surface area contributed by atoms with Crippen molar-refractivity contribution < 1.29 is 67.7 Å². The molecule has 0 fully saturated rings. The Kier molecular flexibility index (Phi) is 24.6. The monoisotopic (exact) mass is 1220 g/mol. The van der Waals surface area contributed by atoms with Crippen molar-refractivity contribution in [2.45, 2.75) is 134 Å².